The average Bonchev–Trinajstić information content (AvgIpc) is 2.04. The van der Waals surface area contributed by atoms with Gasteiger partial charge in [-0.2, -0.15) is 0 Å². The molecule has 0 atom stereocenters. The van der Waals surface area contributed by atoms with E-state index in [1.165, 1.54) is 6.07 Å². The second-order valence-electron chi connectivity index (χ2n) is 2.48. The summed E-state index contributed by atoms with van der Waals surface area (Å²) in [6, 6.07) is 5.17. The molecular formula is C9H8NO3. The third-order valence-corrected chi connectivity index (χ3v) is 1.53. The largest absolute Gasteiger partial charge is 0.502 e. The van der Waals surface area contributed by atoms with Gasteiger partial charge in [0, 0.05) is 6.07 Å². The van der Waals surface area contributed by atoms with Crippen LogP contribution in [0.1, 0.15) is 5.56 Å². The minimum atomic E-state index is -0.649. The maximum Gasteiger partial charge on any atom is 0.311 e. The minimum Gasteiger partial charge on any atom is -0.502 e. The summed E-state index contributed by atoms with van der Waals surface area (Å²) >= 11 is 0. The quantitative estimate of drug-likeness (QED) is 0.436. The maximum absolute atomic E-state index is 10.3. The molecule has 0 amide bonds. The van der Waals surface area contributed by atoms with Gasteiger partial charge in [-0.25, -0.2) is 0 Å². The van der Waals surface area contributed by atoms with Crippen LogP contribution in [0.2, 0.25) is 0 Å². The fourth-order valence-corrected chi connectivity index (χ4v) is 0.935. The molecule has 13 heavy (non-hydrogen) atoms. The zero-order chi connectivity index (χ0) is 9.84. The van der Waals surface area contributed by atoms with Crippen LogP contribution in [-0.2, 0) is 6.42 Å². The zero-order valence-corrected chi connectivity index (χ0v) is 6.86. The number of rotatable bonds is 3. The Morgan fingerprint density at radius 3 is 2.92 bits per heavy atom. The van der Waals surface area contributed by atoms with Gasteiger partial charge in [-0.3, -0.25) is 10.1 Å². The molecule has 0 heterocycles. The first-order valence-electron chi connectivity index (χ1n) is 3.64. The molecule has 1 rings (SSSR count). The van der Waals surface area contributed by atoms with Gasteiger partial charge in [0.25, 0.3) is 0 Å². The number of allylic oxidation sites excluding steroid dienone is 1. The molecule has 0 saturated carbocycles. The van der Waals surface area contributed by atoms with Gasteiger partial charge in [0.2, 0.25) is 0 Å². The van der Waals surface area contributed by atoms with Crippen molar-refractivity contribution in [1.29, 1.82) is 0 Å². The van der Waals surface area contributed by atoms with Gasteiger partial charge < -0.3 is 5.11 Å². The SMILES string of the molecule is C=CCc1[c]cc([N+](=O)[O-])c(O)c1. The molecule has 0 aliphatic heterocycles. The van der Waals surface area contributed by atoms with Crippen molar-refractivity contribution >= 4 is 5.69 Å². The highest BCUT2D eigenvalue weighted by atomic mass is 16.6. The molecule has 0 aliphatic rings. The molecule has 4 nitrogen and oxygen atoms in total. The van der Waals surface area contributed by atoms with E-state index < -0.39 is 4.92 Å². The fraction of sp³-hybridized carbons (Fsp3) is 0.111. The van der Waals surface area contributed by atoms with Crippen LogP contribution in [-0.4, -0.2) is 10.0 Å². The van der Waals surface area contributed by atoms with Crippen LogP contribution in [0.5, 0.6) is 5.75 Å². The molecule has 0 spiro atoms. The van der Waals surface area contributed by atoms with E-state index in [0.717, 1.165) is 6.07 Å². The van der Waals surface area contributed by atoms with Crippen molar-refractivity contribution in [2.24, 2.45) is 0 Å². The van der Waals surface area contributed by atoms with E-state index in [1.54, 1.807) is 6.08 Å². The lowest BCUT2D eigenvalue weighted by Crippen LogP contribution is -1.90. The van der Waals surface area contributed by atoms with Gasteiger partial charge in [0.05, 0.1) is 4.92 Å². The van der Waals surface area contributed by atoms with Crippen LogP contribution in [0.3, 0.4) is 0 Å². The lowest BCUT2D eigenvalue weighted by Gasteiger charge is -1.98. The first-order chi connectivity index (χ1) is 6.15. The summed E-state index contributed by atoms with van der Waals surface area (Å²) in [6.07, 6.45) is 2.17. The van der Waals surface area contributed by atoms with Gasteiger partial charge in [-0.15, -0.1) is 6.58 Å². The highest BCUT2D eigenvalue weighted by Crippen LogP contribution is 2.25. The van der Waals surface area contributed by atoms with Crippen molar-refractivity contribution in [3.8, 4) is 5.75 Å². The highest BCUT2D eigenvalue weighted by molar-refractivity contribution is 5.47. The predicted octanol–water partition coefficient (Wildman–Crippen LogP) is 1.83. The summed E-state index contributed by atoms with van der Waals surface area (Å²) in [4.78, 5) is 9.65. The van der Waals surface area contributed by atoms with Crippen molar-refractivity contribution in [2.45, 2.75) is 6.42 Å². The number of hydrogen-bond acceptors (Lipinski definition) is 3. The molecule has 67 valence electrons. The number of nitro groups is 1. The summed E-state index contributed by atoms with van der Waals surface area (Å²) in [5.74, 6) is -0.333. The summed E-state index contributed by atoms with van der Waals surface area (Å²) in [5.41, 5.74) is 0.353. The van der Waals surface area contributed by atoms with E-state index in [9.17, 15) is 15.2 Å². The number of nitro benzene ring substituents is 1. The lowest BCUT2D eigenvalue weighted by atomic mass is 10.1. The summed E-state index contributed by atoms with van der Waals surface area (Å²) < 4.78 is 0. The summed E-state index contributed by atoms with van der Waals surface area (Å²) in [5, 5.41) is 19.5. The zero-order valence-electron chi connectivity index (χ0n) is 6.86. The van der Waals surface area contributed by atoms with Crippen molar-refractivity contribution < 1.29 is 10.0 Å². The number of phenols is 1. The maximum atomic E-state index is 10.3. The fourth-order valence-electron chi connectivity index (χ4n) is 0.935. The van der Waals surface area contributed by atoms with Crippen molar-refractivity contribution in [3.63, 3.8) is 0 Å². The van der Waals surface area contributed by atoms with Gasteiger partial charge in [0.1, 0.15) is 0 Å². The van der Waals surface area contributed by atoms with Crippen molar-refractivity contribution in [3.05, 3.63) is 46.5 Å². The molecule has 0 saturated heterocycles. The van der Waals surface area contributed by atoms with Crippen LogP contribution in [0.4, 0.5) is 5.69 Å². The molecule has 0 aromatic heterocycles. The summed E-state index contributed by atoms with van der Waals surface area (Å²) in [6.45, 7) is 3.51. The normalized spacial score (nSPS) is 9.54. The number of benzene rings is 1. The molecule has 0 unspecified atom stereocenters. The lowest BCUT2D eigenvalue weighted by molar-refractivity contribution is -0.385. The van der Waals surface area contributed by atoms with E-state index in [2.05, 4.69) is 12.6 Å². The second-order valence-corrected chi connectivity index (χ2v) is 2.48. The first-order valence-corrected chi connectivity index (χ1v) is 3.64. The Morgan fingerprint density at radius 2 is 2.46 bits per heavy atom. The standard InChI is InChI=1S/C9H8NO3/c1-2-3-7-4-5-8(10(12)13)9(11)6-7/h2,5-6,11H,1,3H2. The van der Waals surface area contributed by atoms with Gasteiger partial charge in [0.15, 0.2) is 5.75 Å². The monoisotopic (exact) mass is 178 g/mol. The molecule has 1 aromatic rings. The molecule has 4 heteroatoms. The topological polar surface area (TPSA) is 63.4 Å². The van der Waals surface area contributed by atoms with Crippen molar-refractivity contribution in [2.75, 3.05) is 0 Å². The highest BCUT2D eigenvalue weighted by Gasteiger charge is 2.12. The molecule has 1 radical (unpaired) electrons. The smallest absolute Gasteiger partial charge is 0.311 e. The van der Waals surface area contributed by atoms with Gasteiger partial charge >= 0.3 is 5.69 Å². The Bertz CT molecular complexity index is 347. The molecule has 0 fully saturated rings. The number of nitrogens with zero attached hydrogens (tertiary/aromatic N) is 1. The van der Waals surface area contributed by atoms with Gasteiger partial charge in [-0.1, -0.05) is 6.08 Å². The van der Waals surface area contributed by atoms with E-state index in [1.807, 2.05) is 0 Å². The van der Waals surface area contributed by atoms with Crippen LogP contribution in [0.25, 0.3) is 0 Å². The van der Waals surface area contributed by atoms with Crippen LogP contribution in [0.15, 0.2) is 24.8 Å². The molecule has 0 aliphatic carbocycles. The van der Waals surface area contributed by atoms with E-state index in [4.69, 9.17) is 0 Å². The van der Waals surface area contributed by atoms with Crippen molar-refractivity contribution in [1.82, 2.24) is 0 Å². The summed E-state index contributed by atoms with van der Waals surface area (Å²) in [7, 11) is 0. The van der Waals surface area contributed by atoms with Crippen LogP contribution < -0.4 is 0 Å². The Labute approximate surface area is 75.3 Å². The first kappa shape index (κ1) is 9.25. The van der Waals surface area contributed by atoms with Crippen LogP contribution in [0, 0.1) is 16.2 Å². The Balaban J connectivity index is 3.05. The third-order valence-electron chi connectivity index (χ3n) is 1.53. The molecule has 1 aromatic carbocycles. The number of phenolic OH excluding ortho intramolecular Hbond substituents is 1. The Hall–Kier alpha value is -1.84. The molecular weight excluding hydrogens is 170 g/mol. The Kier molecular flexibility index (Phi) is 2.64. The van der Waals surface area contributed by atoms with Crippen LogP contribution >= 0.6 is 0 Å². The predicted molar refractivity (Wildman–Crippen MR) is 47.5 cm³/mol. The second kappa shape index (κ2) is 3.71. The number of hydrogen-bond donors (Lipinski definition) is 1. The van der Waals surface area contributed by atoms with E-state index >= 15 is 0 Å². The minimum absolute atomic E-state index is 0.326. The van der Waals surface area contributed by atoms with E-state index in [0.29, 0.717) is 12.0 Å². The third kappa shape index (κ3) is 2.05. The number of aromatic hydroxyl groups is 1. The van der Waals surface area contributed by atoms with Gasteiger partial charge in [-0.05, 0) is 24.1 Å². The van der Waals surface area contributed by atoms with E-state index in [-0.39, 0.29) is 11.4 Å². The molecule has 1 N–H and O–H groups in total. The Morgan fingerprint density at radius 1 is 1.77 bits per heavy atom. The molecule has 0 bridgehead atoms. The average molecular weight is 178 g/mol.